The van der Waals surface area contributed by atoms with Crippen molar-refractivity contribution in [2.75, 3.05) is 5.73 Å². The normalized spacial score (nSPS) is 11.3. The molecule has 3 nitrogen and oxygen atoms in total. The van der Waals surface area contributed by atoms with Gasteiger partial charge in [0.25, 0.3) is 0 Å². The molecule has 0 saturated carbocycles. The van der Waals surface area contributed by atoms with Crippen molar-refractivity contribution in [1.82, 2.24) is 9.97 Å². The van der Waals surface area contributed by atoms with Crippen LogP contribution in [0.3, 0.4) is 0 Å². The molecule has 126 valence electrons. The van der Waals surface area contributed by atoms with E-state index in [1.54, 1.807) is 12.1 Å². The molecule has 0 atom stereocenters. The molecule has 0 aliphatic heterocycles. The highest BCUT2D eigenvalue weighted by Gasteiger charge is 2.10. The highest BCUT2D eigenvalue weighted by molar-refractivity contribution is 5.96. The maximum Gasteiger partial charge on any atom is 0.221 e. The van der Waals surface area contributed by atoms with Gasteiger partial charge < -0.3 is 5.73 Å². The SMILES string of the molecule is Nc1nc(C=Cc2ccccc2)cc(-c2ccc(F)c3ccccc23)n1. The topological polar surface area (TPSA) is 51.8 Å². The molecule has 0 aliphatic rings. The number of nitrogens with two attached hydrogens (primary N) is 1. The summed E-state index contributed by atoms with van der Waals surface area (Å²) in [6.07, 6.45) is 3.86. The van der Waals surface area contributed by atoms with Crippen molar-refractivity contribution in [2.45, 2.75) is 0 Å². The van der Waals surface area contributed by atoms with Gasteiger partial charge in [0.2, 0.25) is 5.95 Å². The molecule has 4 heteroatoms. The van der Waals surface area contributed by atoms with Gasteiger partial charge in [0.15, 0.2) is 0 Å². The molecule has 4 rings (SSSR count). The van der Waals surface area contributed by atoms with Gasteiger partial charge in [-0.05, 0) is 35.2 Å². The zero-order valence-electron chi connectivity index (χ0n) is 13.9. The Morgan fingerprint density at radius 2 is 1.50 bits per heavy atom. The van der Waals surface area contributed by atoms with Crippen LogP contribution in [0.25, 0.3) is 34.2 Å². The Bertz CT molecular complexity index is 1100. The van der Waals surface area contributed by atoms with Crippen LogP contribution in [0.1, 0.15) is 11.3 Å². The van der Waals surface area contributed by atoms with Crippen molar-refractivity contribution >= 4 is 28.9 Å². The first-order valence-electron chi connectivity index (χ1n) is 8.26. The van der Waals surface area contributed by atoms with Crippen molar-refractivity contribution in [1.29, 1.82) is 0 Å². The molecule has 2 N–H and O–H groups in total. The summed E-state index contributed by atoms with van der Waals surface area (Å²) in [5.74, 6) is -0.0702. The highest BCUT2D eigenvalue weighted by Crippen LogP contribution is 2.30. The number of nitrogen functional groups attached to an aromatic ring is 1. The van der Waals surface area contributed by atoms with E-state index in [1.165, 1.54) is 6.07 Å². The van der Waals surface area contributed by atoms with Gasteiger partial charge >= 0.3 is 0 Å². The molecule has 26 heavy (non-hydrogen) atoms. The van der Waals surface area contributed by atoms with Gasteiger partial charge in [-0.25, -0.2) is 14.4 Å². The zero-order chi connectivity index (χ0) is 17.9. The minimum atomic E-state index is -0.254. The quantitative estimate of drug-likeness (QED) is 0.558. The Hall–Kier alpha value is -3.53. The second-order valence-electron chi connectivity index (χ2n) is 5.92. The number of aromatic nitrogens is 2. The molecule has 1 aromatic heterocycles. The average Bonchev–Trinajstić information content (AvgIpc) is 2.67. The number of anilines is 1. The number of hydrogen-bond donors (Lipinski definition) is 1. The van der Waals surface area contributed by atoms with Crippen LogP contribution in [0, 0.1) is 5.82 Å². The van der Waals surface area contributed by atoms with Gasteiger partial charge in [0.1, 0.15) is 5.82 Å². The molecule has 0 amide bonds. The van der Waals surface area contributed by atoms with Crippen molar-refractivity contribution in [3.05, 3.63) is 89.9 Å². The third-order valence-electron chi connectivity index (χ3n) is 4.16. The maximum absolute atomic E-state index is 14.1. The van der Waals surface area contributed by atoms with Gasteiger partial charge in [0.05, 0.1) is 11.4 Å². The molecular weight excluding hydrogens is 325 g/mol. The van der Waals surface area contributed by atoms with Crippen LogP contribution in [0.2, 0.25) is 0 Å². The first-order chi connectivity index (χ1) is 12.7. The molecule has 0 saturated heterocycles. The molecule has 0 aliphatic carbocycles. The third kappa shape index (κ3) is 3.17. The predicted octanol–water partition coefficient (Wildman–Crippen LogP) is 5.19. The minimum Gasteiger partial charge on any atom is -0.368 e. The fourth-order valence-corrected chi connectivity index (χ4v) is 2.94. The summed E-state index contributed by atoms with van der Waals surface area (Å²) in [5, 5.41) is 1.35. The van der Waals surface area contributed by atoms with Gasteiger partial charge in [-0.15, -0.1) is 0 Å². The second kappa shape index (κ2) is 6.76. The number of benzene rings is 3. The smallest absolute Gasteiger partial charge is 0.221 e. The predicted molar refractivity (Wildman–Crippen MR) is 105 cm³/mol. The monoisotopic (exact) mass is 341 g/mol. The fraction of sp³-hybridized carbons (Fsp3) is 0. The van der Waals surface area contributed by atoms with Crippen LogP contribution in [0.4, 0.5) is 10.3 Å². The maximum atomic E-state index is 14.1. The molecule has 0 unspecified atom stereocenters. The lowest BCUT2D eigenvalue weighted by Gasteiger charge is -2.08. The van der Waals surface area contributed by atoms with Crippen molar-refractivity contribution in [3.8, 4) is 11.3 Å². The third-order valence-corrected chi connectivity index (χ3v) is 4.16. The largest absolute Gasteiger partial charge is 0.368 e. The van der Waals surface area contributed by atoms with Gasteiger partial charge in [0, 0.05) is 10.9 Å². The number of hydrogen-bond acceptors (Lipinski definition) is 3. The second-order valence-corrected chi connectivity index (χ2v) is 5.92. The van der Waals surface area contributed by atoms with E-state index in [2.05, 4.69) is 9.97 Å². The van der Waals surface area contributed by atoms with E-state index >= 15 is 0 Å². The summed E-state index contributed by atoms with van der Waals surface area (Å²) >= 11 is 0. The summed E-state index contributed by atoms with van der Waals surface area (Å²) in [6, 6.07) is 22.3. The van der Waals surface area contributed by atoms with Crippen LogP contribution in [-0.2, 0) is 0 Å². The molecule has 3 aromatic carbocycles. The van der Waals surface area contributed by atoms with Gasteiger partial charge in [-0.3, -0.25) is 0 Å². The lowest BCUT2D eigenvalue weighted by atomic mass is 10.0. The van der Waals surface area contributed by atoms with E-state index in [0.717, 1.165) is 16.5 Å². The molecule has 0 radical (unpaired) electrons. The summed E-state index contributed by atoms with van der Waals surface area (Å²) in [4.78, 5) is 8.63. The molecule has 0 spiro atoms. The molecule has 4 aromatic rings. The fourth-order valence-electron chi connectivity index (χ4n) is 2.94. The van der Waals surface area contributed by atoms with Crippen molar-refractivity contribution in [3.63, 3.8) is 0 Å². The van der Waals surface area contributed by atoms with E-state index in [4.69, 9.17) is 5.73 Å². The van der Waals surface area contributed by atoms with Crippen LogP contribution >= 0.6 is 0 Å². The minimum absolute atomic E-state index is 0.184. The summed E-state index contributed by atoms with van der Waals surface area (Å²) in [5.41, 5.74) is 9.17. The van der Waals surface area contributed by atoms with Crippen LogP contribution in [0.15, 0.2) is 72.8 Å². The first-order valence-corrected chi connectivity index (χ1v) is 8.26. The highest BCUT2D eigenvalue weighted by atomic mass is 19.1. The standard InChI is InChI=1S/C22H16FN3/c23-20-13-12-19(17-8-4-5-9-18(17)20)21-14-16(25-22(24)26-21)11-10-15-6-2-1-3-7-15/h1-14H,(H2,24,25,26). The Morgan fingerprint density at radius 3 is 2.31 bits per heavy atom. The van der Waals surface area contributed by atoms with E-state index in [-0.39, 0.29) is 11.8 Å². The number of rotatable bonds is 3. The van der Waals surface area contributed by atoms with Gasteiger partial charge in [-0.1, -0.05) is 60.7 Å². The lowest BCUT2D eigenvalue weighted by molar-refractivity contribution is 0.640. The molecule has 1 heterocycles. The first kappa shape index (κ1) is 16.0. The average molecular weight is 341 g/mol. The van der Waals surface area contributed by atoms with E-state index < -0.39 is 0 Å². The summed E-state index contributed by atoms with van der Waals surface area (Å²) in [7, 11) is 0. The zero-order valence-corrected chi connectivity index (χ0v) is 13.9. The number of nitrogens with zero attached hydrogens (tertiary/aromatic N) is 2. The Labute approximate surface area is 150 Å². The van der Waals surface area contributed by atoms with Gasteiger partial charge in [-0.2, -0.15) is 0 Å². The molecular formula is C22H16FN3. The van der Waals surface area contributed by atoms with Crippen LogP contribution < -0.4 is 5.73 Å². The number of fused-ring (bicyclic) bond motifs is 1. The van der Waals surface area contributed by atoms with E-state index in [0.29, 0.717) is 16.8 Å². The Kier molecular flexibility index (Phi) is 4.15. The number of halogens is 1. The van der Waals surface area contributed by atoms with E-state index in [9.17, 15) is 4.39 Å². The van der Waals surface area contributed by atoms with Crippen molar-refractivity contribution in [2.24, 2.45) is 0 Å². The summed E-state index contributed by atoms with van der Waals surface area (Å²) < 4.78 is 14.1. The molecule has 0 bridgehead atoms. The van der Waals surface area contributed by atoms with Crippen LogP contribution in [-0.4, -0.2) is 9.97 Å². The van der Waals surface area contributed by atoms with Crippen LogP contribution in [0.5, 0.6) is 0 Å². The summed E-state index contributed by atoms with van der Waals surface area (Å²) in [6.45, 7) is 0. The van der Waals surface area contributed by atoms with Crippen molar-refractivity contribution < 1.29 is 4.39 Å². The Balaban J connectivity index is 1.80. The lowest BCUT2D eigenvalue weighted by Crippen LogP contribution is -1.99. The molecule has 0 fully saturated rings. The van der Waals surface area contributed by atoms with E-state index in [1.807, 2.05) is 66.7 Å². The Morgan fingerprint density at radius 1 is 0.769 bits per heavy atom.